The van der Waals surface area contributed by atoms with Gasteiger partial charge >= 0.3 is 13.2 Å². The molecule has 4 rings (SSSR count). The maximum absolute atomic E-state index is 13.3. The summed E-state index contributed by atoms with van der Waals surface area (Å²) < 4.78 is 67.2. The molecule has 1 aromatic carbocycles. The maximum Gasteiger partial charge on any atom is 0.387 e. The van der Waals surface area contributed by atoms with E-state index in [0.717, 1.165) is 11.1 Å². The van der Waals surface area contributed by atoms with Crippen LogP contribution in [-0.2, 0) is 0 Å². The summed E-state index contributed by atoms with van der Waals surface area (Å²) >= 11 is 1.25. The van der Waals surface area contributed by atoms with E-state index >= 15 is 0 Å². The second kappa shape index (κ2) is 12.3. The van der Waals surface area contributed by atoms with Crippen molar-refractivity contribution in [2.45, 2.75) is 52.1 Å². The fourth-order valence-corrected chi connectivity index (χ4v) is 4.38. The van der Waals surface area contributed by atoms with Crippen molar-refractivity contribution in [3.05, 3.63) is 66.0 Å². The fourth-order valence-electron chi connectivity index (χ4n) is 3.63. The molecule has 2 atom stereocenters. The van der Waals surface area contributed by atoms with E-state index in [-0.39, 0.29) is 28.6 Å². The van der Waals surface area contributed by atoms with Gasteiger partial charge in [0.15, 0.2) is 17.3 Å². The van der Waals surface area contributed by atoms with E-state index < -0.39 is 24.7 Å². The number of aromatic nitrogens is 6. The molecule has 0 saturated heterocycles. The van der Waals surface area contributed by atoms with E-state index in [0.29, 0.717) is 11.4 Å². The average Bonchev–Trinajstić information content (AvgIpc) is 3.30. The zero-order valence-corrected chi connectivity index (χ0v) is 22.2. The van der Waals surface area contributed by atoms with Crippen LogP contribution in [0.1, 0.15) is 36.7 Å². The normalized spacial score (nSPS) is 13.0. The summed E-state index contributed by atoms with van der Waals surface area (Å²) in [6.07, 6.45) is 6.57. The van der Waals surface area contributed by atoms with Crippen LogP contribution >= 0.6 is 11.9 Å². The molecule has 0 aliphatic carbocycles. The number of alkyl halides is 4. The number of anilines is 1. The molecule has 39 heavy (non-hydrogen) atoms. The smallest absolute Gasteiger partial charge is 0.387 e. The molecule has 1 N–H and O–H groups in total. The Labute approximate surface area is 226 Å². The van der Waals surface area contributed by atoms with Gasteiger partial charge in [0.25, 0.3) is 0 Å². The van der Waals surface area contributed by atoms with E-state index in [9.17, 15) is 17.6 Å². The summed E-state index contributed by atoms with van der Waals surface area (Å²) in [6.45, 7) is 1.14. The first kappa shape index (κ1) is 28.1. The van der Waals surface area contributed by atoms with Crippen LogP contribution in [0.25, 0.3) is 17.1 Å². The van der Waals surface area contributed by atoms with Crippen molar-refractivity contribution in [2.75, 3.05) is 4.72 Å². The molecule has 3 heterocycles. The Bertz CT molecular complexity index is 1380. The Kier molecular flexibility index (Phi) is 8.84. The lowest BCUT2D eigenvalue weighted by Gasteiger charge is -2.21. The number of aryl methyl sites for hydroxylation is 2. The monoisotopic (exact) mass is 563 g/mol. The summed E-state index contributed by atoms with van der Waals surface area (Å²) in [4.78, 5) is 12.9. The van der Waals surface area contributed by atoms with Gasteiger partial charge < -0.3 is 9.47 Å². The quantitative estimate of drug-likeness (QED) is 0.169. The molecule has 9 nitrogen and oxygen atoms in total. The second-order valence-electron chi connectivity index (χ2n) is 8.63. The molecular weight excluding hydrogens is 538 g/mol. The molecule has 0 radical (unpaired) electrons. The molecule has 0 aliphatic heterocycles. The maximum atomic E-state index is 13.3. The van der Waals surface area contributed by atoms with Crippen LogP contribution in [0.4, 0.5) is 23.5 Å². The number of hydrogen-bond acceptors (Lipinski definition) is 9. The van der Waals surface area contributed by atoms with Gasteiger partial charge in [-0.1, -0.05) is 19.9 Å². The van der Waals surface area contributed by atoms with Gasteiger partial charge in [-0.3, -0.25) is 14.3 Å². The summed E-state index contributed by atoms with van der Waals surface area (Å²) in [5.41, 5.74) is 1.95. The minimum Gasteiger partial charge on any atom is -0.432 e. The Morgan fingerprint density at radius 3 is 2.10 bits per heavy atom. The SMILES string of the molecule is Cc1cnc(C(C)C(C)SNc2nnc(-c3cncc(C)c3)n2-c2c(OC(F)F)cccc2OC(F)F)nc1. The number of ether oxygens (including phenoxy) is 2. The van der Waals surface area contributed by atoms with Crippen molar-refractivity contribution in [2.24, 2.45) is 0 Å². The molecule has 0 saturated carbocycles. The highest BCUT2D eigenvalue weighted by Gasteiger charge is 2.27. The number of rotatable bonds is 11. The van der Waals surface area contributed by atoms with Gasteiger partial charge in [-0.15, -0.1) is 10.2 Å². The van der Waals surface area contributed by atoms with Crippen LogP contribution in [0.15, 0.2) is 49.1 Å². The van der Waals surface area contributed by atoms with Gasteiger partial charge in [0.05, 0.1) is 0 Å². The largest absolute Gasteiger partial charge is 0.432 e. The van der Waals surface area contributed by atoms with Crippen LogP contribution in [-0.4, -0.2) is 48.2 Å². The Morgan fingerprint density at radius 1 is 0.872 bits per heavy atom. The first-order valence-electron chi connectivity index (χ1n) is 11.7. The Morgan fingerprint density at radius 2 is 1.51 bits per heavy atom. The van der Waals surface area contributed by atoms with Crippen molar-refractivity contribution in [1.29, 1.82) is 0 Å². The number of benzene rings is 1. The van der Waals surface area contributed by atoms with E-state index in [4.69, 9.17) is 9.47 Å². The molecular formula is C25H25F4N7O2S. The number of pyridine rings is 1. The molecule has 0 spiro atoms. The summed E-state index contributed by atoms with van der Waals surface area (Å²) in [5.74, 6) is -0.0726. The van der Waals surface area contributed by atoms with Crippen molar-refractivity contribution < 1.29 is 27.0 Å². The number of nitrogens with one attached hydrogen (secondary N) is 1. The van der Waals surface area contributed by atoms with E-state index in [1.807, 2.05) is 27.7 Å². The highest BCUT2D eigenvalue weighted by molar-refractivity contribution is 8.01. The molecule has 4 aromatic rings. The Hall–Kier alpha value is -3.94. The molecule has 3 aromatic heterocycles. The lowest BCUT2D eigenvalue weighted by atomic mass is 10.1. The zero-order chi connectivity index (χ0) is 28.1. The second-order valence-corrected chi connectivity index (χ2v) is 9.81. The number of halogens is 4. The highest BCUT2D eigenvalue weighted by atomic mass is 32.2. The minimum absolute atomic E-state index is 0.0600. The van der Waals surface area contributed by atoms with E-state index in [1.165, 1.54) is 40.9 Å². The van der Waals surface area contributed by atoms with Crippen LogP contribution in [0, 0.1) is 13.8 Å². The zero-order valence-electron chi connectivity index (χ0n) is 21.3. The van der Waals surface area contributed by atoms with Crippen LogP contribution in [0.3, 0.4) is 0 Å². The van der Waals surface area contributed by atoms with Crippen molar-refractivity contribution in [3.63, 3.8) is 0 Å². The number of nitrogens with zero attached hydrogens (tertiary/aromatic N) is 6. The third-order valence-electron chi connectivity index (χ3n) is 5.66. The fraction of sp³-hybridized carbons (Fsp3) is 0.320. The van der Waals surface area contributed by atoms with Gasteiger partial charge in [0.1, 0.15) is 11.5 Å². The predicted molar refractivity (Wildman–Crippen MR) is 138 cm³/mol. The van der Waals surface area contributed by atoms with Crippen molar-refractivity contribution >= 4 is 17.9 Å². The first-order valence-corrected chi connectivity index (χ1v) is 12.6. The third kappa shape index (κ3) is 6.74. The van der Waals surface area contributed by atoms with Gasteiger partial charge in [-0.05, 0) is 55.1 Å². The summed E-state index contributed by atoms with van der Waals surface area (Å²) in [6, 6.07) is 5.45. The standard InChI is InChI=1S/C25H25F4N7O2S/c1-13-8-17(12-30-9-13)22-33-34-25(35-39-16(4)15(3)21-31-10-14(2)11-32-21)36(22)20-18(37-23(26)27)6-5-7-19(20)38-24(28)29/h5-12,15-16,23-24H,1-4H3,(H,34,35). The molecule has 0 bridgehead atoms. The summed E-state index contributed by atoms with van der Waals surface area (Å²) in [5, 5.41) is 8.31. The topological polar surface area (TPSA) is 99.9 Å². The molecule has 14 heteroatoms. The molecule has 2 unspecified atom stereocenters. The molecule has 206 valence electrons. The molecule has 0 aliphatic rings. The van der Waals surface area contributed by atoms with Gasteiger partial charge in [0, 0.05) is 41.5 Å². The van der Waals surface area contributed by atoms with Gasteiger partial charge in [-0.2, -0.15) is 17.6 Å². The molecule has 0 fully saturated rings. The van der Waals surface area contributed by atoms with Crippen LogP contribution < -0.4 is 14.2 Å². The van der Waals surface area contributed by atoms with E-state index in [1.54, 1.807) is 24.7 Å². The predicted octanol–water partition coefficient (Wildman–Crippen LogP) is 6.19. The first-order chi connectivity index (χ1) is 18.6. The lowest BCUT2D eigenvalue weighted by molar-refractivity contribution is -0.0542. The van der Waals surface area contributed by atoms with Crippen LogP contribution in [0.5, 0.6) is 11.5 Å². The van der Waals surface area contributed by atoms with E-state index in [2.05, 4.69) is 29.9 Å². The summed E-state index contributed by atoms with van der Waals surface area (Å²) in [7, 11) is 0. The van der Waals surface area contributed by atoms with Crippen molar-refractivity contribution in [3.8, 4) is 28.6 Å². The highest BCUT2D eigenvalue weighted by Crippen LogP contribution is 2.40. The molecule has 0 amide bonds. The Balaban J connectivity index is 1.78. The average molecular weight is 564 g/mol. The third-order valence-corrected chi connectivity index (χ3v) is 6.74. The lowest BCUT2D eigenvalue weighted by Crippen LogP contribution is -2.15. The van der Waals surface area contributed by atoms with Crippen LogP contribution in [0.2, 0.25) is 0 Å². The minimum atomic E-state index is -3.23. The number of hydrogen-bond donors (Lipinski definition) is 1. The van der Waals surface area contributed by atoms with Crippen molar-refractivity contribution in [1.82, 2.24) is 29.7 Å². The number of para-hydroxylation sites is 1. The van der Waals surface area contributed by atoms with Gasteiger partial charge in [-0.25, -0.2) is 9.97 Å². The van der Waals surface area contributed by atoms with Gasteiger partial charge in [0.2, 0.25) is 5.95 Å².